The number of aliphatic carboxylic acids is 1. The summed E-state index contributed by atoms with van der Waals surface area (Å²) in [6.45, 7) is 0.419. The highest BCUT2D eigenvalue weighted by Gasteiger charge is 2.96. The van der Waals surface area contributed by atoms with Crippen LogP contribution in [0, 0.1) is 5.92 Å². The van der Waals surface area contributed by atoms with Gasteiger partial charge in [0.2, 0.25) is 5.79 Å². The first-order valence-corrected chi connectivity index (χ1v) is 6.87. The quantitative estimate of drug-likeness (QED) is 0.580. The number of epoxide rings is 2. The van der Waals surface area contributed by atoms with E-state index in [2.05, 4.69) is 0 Å². The fourth-order valence-electron chi connectivity index (χ4n) is 2.84. The summed E-state index contributed by atoms with van der Waals surface area (Å²) in [5.41, 5.74) is 0. The van der Waals surface area contributed by atoms with Crippen molar-refractivity contribution in [2.45, 2.75) is 56.5 Å². The highest BCUT2D eigenvalue weighted by atomic mass is 17.1. The minimum atomic E-state index is -1.27. The van der Waals surface area contributed by atoms with Crippen LogP contribution in [-0.2, 0) is 23.8 Å². The number of carbonyl (C=O) groups is 2. The van der Waals surface area contributed by atoms with E-state index in [4.69, 9.17) is 19.3 Å². The lowest BCUT2D eigenvalue weighted by atomic mass is 9.90. The first-order chi connectivity index (χ1) is 9.08. The fraction of sp³-hybridized carbons (Fsp3) is 0.846. The molecule has 0 bridgehead atoms. The van der Waals surface area contributed by atoms with Crippen LogP contribution in [0.5, 0.6) is 0 Å². The first-order valence-electron chi connectivity index (χ1n) is 6.87. The van der Waals surface area contributed by atoms with Crippen molar-refractivity contribution >= 4 is 11.9 Å². The molecule has 106 valence electrons. The predicted octanol–water partition coefficient (Wildman–Crippen LogP) is 1.43. The number of carboxylic acids is 1. The van der Waals surface area contributed by atoms with Crippen molar-refractivity contribution in [2.75, 3.05) is 6.61 Å². The molecule has 0 radical (unpaired) electrons. The number of carboxylic acid groups (broad SMARTS) is 1. The van der Waals surface area contributed by atoms with E-state index in [1.54, 1.807) is 0 Å². The van der Waals surface area contributed by atoms with E-state index in [1.807, 2.05) is 0 Å². The molecular weight excluding hydrogens is 252 g/mol. The number of esters is 1. The smallest absolute Gasteiger partial charge is 0.373 e. The van der Waals surface area contributed by atoms with E-state index in [1.165, 1.54) is 19.3 Å². The second-order valence-corrected chi connectivity index (χ2v) is 5.57. The second-order valence-electron chi connectivity index (χ2n) is 5.57. The highest BCUT2D eigenvalue weighted by molar-refractivity contribution is 5.86. The van der Waals surface area contributed by atoms with Crippen molar-refractivity contribution in [2.24, 2.45) is 5.92 Å². The third-order valence-corrected chi connectivity index (χ3v) is 4.15. The molecule has 6 heteroatoms. The van der Waals surface area contributed by atoms with Crippen LogP contribution in [0.3, 0.4) is 0 Å². The predicted molar refractivity (Wildman–Crippen MR) is 62.0 cm³/mol. The Labute approximate surface area is 111 Å². The Bertz CT molecular complexity index is 392. The minimum absolute atomic E-state index is 0.0718. The molecule has 3 fully saturated rings. The Hall–Kier alpha value is -1.14. The number of hydrogen-bond donors (Lipinski definition) is 1. The molecule has 2 heterocycles. The molecule has 3 aliphatic rings. The lowest BCUT2D eigenvalue weighted by Crippen LogP contribution is -2.23. The lowest BCUT2D eigenvalue weighted by molar-refractivity contribution is -0.174. The van der Waals surface area contributed by atoms with Crippen LogP contribution >= 0.6 is 0 Å². The van der Waals surface area contributed by atoms with Gasteiger partial charge in [0.25, 0.3) is 0 Å². The monoisotopic (exact) mass is 270 g/mol. The molecule has 2 aliphatic heterocycles. The van der Waals surface area contributed by atoms with Crippen LogP contribution < -0.4 is 0 Å². The Morgan fingerprint density at radius 2 is 1.89 bits per heavy atom. The van der Waals surface area contributed by atoms with Crippen LogP contribution in [0.2, 0.25) is 0 Å². The summed E-state index contributed by atoms with van der Waals surface area (Å²) in [6.07, 6.45) is 5.99. The maximum absolute atomic E-state index is 11.8. The van der Waals surface area contributed by atoms with Gasteiger partial charge in [-0.2, -0.15) is 0 Å². The summed E-state index contributed by atoms with van der Waals surface area (Å²) in [5, 5.41) is 8.59. The molecule has 0 aromatic heterocycles. The largest absolute Gasteiger partial charge is 0.481 e. The summed E-state index contributed by atoms with van der Waals surface area (Å²) in [7, 11) is 0. The van der Waals surface area contributed by atoms with Gasteiger partial charge in [-0.05, 0) is 18.8 Å². The average molecular weight is 270 g/mol. The van der Waals surface area contributed by atoms with Gasteiger partial charge in [-0.15, -0.1) is 0 Å². The van der Waals surface area contributed by atoms with Gasteiger partial charge in [0, 0.05) is 6.42 Å². The molecule has 2 saturated heterocycles. The molecule has 1 aliphatic carbocycles. The second kappa shape index (κ2) is 4.45. The van der Waals surface area contributed by atoms with E-state index in [0.717, 1.165) is 12.8 Å². The molecule has 3 rings (SSSR count). The molecule has 6 nitrogen and oxygen atoms in total. The molecule has 0 aromatic rings. The van der Waals surface area contributed by atoms with Gasteiger partial charge in [-0.1, -0.05) is 19.3 Å². The SMILES string of the molecule is O=C(O)CCC12OC1(C(=O)OCC1CCCCC1)O2. The third kappa shape index (κ3) is 2.23. The number of ether oxygens (including phenoxy) is 3. The maximum atomic E-state index is 11.8. The molecule has 0 atom stereocenters. The summed E-state index contributed by atoms with van der Waals surface area (Å²) in [6, 6.07) is 0. The summed E-state index contributed by atoms with van der Waals surface area (Å²) in [4.78, 5) is 22.3. The summed E-state index contributed by atoms with van der Waals surface area (Å²) >= 11 is 0. The zero-order chi connectivity index (χ0) is 13.5. The fourth-order valence-corrected chi connectivity index (χ4v) is 2.84. The molecule has 0 unspecified atom stereocenters. The van der Waals surface area contributed by atoms with Gasteiger partial charge >= 0.3 is 17.7 Å². The van der Waals surface area contributed by atoms with E-state index in [-0.39, 0.29) is 12.8 Å². The van der Waals surface area contributed by atoms with Gasteiger partial charge in [0.15, 0.2) is 0 Å². The van der Waals surface area contributed by atoms with Crippen molar-refractivity contribution in [1.82, 2.24) is 0 Å². The highest BCUT2D eigenvalue weighted by Crippen LogP contribution is 2.70. The van der Waals surface area contributed by atoms with E-state index in [9.17, 15) is 9.59 Å². The number of fused-ring (bicyclic) bond motifs is 1. The van der Waals surface area contributed by atoms with Crippen LogP contribution in [0.4, 0.5) is 0 Å². The van der Waals surface area contributed by atoms with Crippen LogP contribution in [0.1, 0.15) is 44.9 Å². The Morgan fingerprint density at radius 3 is 2.53 bits per heavy atom. The molecule has 0 amide bonds. The summed E-state index contributed by atoms with van der Waals surface area (Å²) < 4.78 is 15.6. The van der Waals surface area contributed by atoms with Crippen LogP contribution in [0.25, 0.3) is 0 Å². The lowest BCUT2D eigenvalue weighted by Gasteiger charge is -2.20. The topological polar surface area (TPSA) is 88.7 Å². The average Bonchev–Trinajstić information content (AvgIpc) is 3.21. The van der Waals surface area contributed by atoms with Gasteiger partial charge in [-0.3, -0.25) is 14.3 Å². The molecule has 1 N–H and O–H groups in total. The zero-order valence-electron chi connectivity index (χ0n) is 10.7. The Morgan fingerprint density at radius 1 is 1.21 bits per heavy atom. The molecular formula is C13H18O6. The van der Waals surface area contributed by atoms with Crippen LogP contribution in [-0.4, -0.2) is 35.2 Å². The van der Waals surface area contributed by atoms with Crippen molar-refractivity contribution in [3.63, 3.8) is 0 Å². The van der Waals surface area contributed by atoms with E-state index in [0.29, 0.717) is 12.5 Å². The standard InChI is InChI=1S/C13H18O6/c14-10(15)6-7-12-13(18-12,19-12)11(16)17-8-9-4-2-1-3-5-9/h9H,1-8H2,(H,14,15). The molecule has 1 saturated carbocycles. The molecule has 19 heavy (non-hydrogen) atoms. The minimum Gasteiger partial charge on any atom is -0.481 e. The first kappa shape index (κ1) is 12.9. The Kier molecular flexibility index (Phi) is 3.02. The van der Waals surface area contributed by atoms with Crippen LogP contribution in [0.15, 0.2) is 0 Å². The summed E-state index contributed by atoms with van der Waals surface area (Å²) in [5.74, 6) is -3.24. The van der Waals surface area contributed by atoms with Gasteiger partial charge in [-0.25, -0.2) is 4.79 Å². The van der Waals surface area contributed by atoms with Crippen molar-refractivity contribution in [1.29, 1.82) is 0 Å². The number of carbonyl (C=O) groups excluding carboxylic acids is 1. The van der Waals surface area contributed by atoms with Gasteiger partial charge < -0.3 is 9.84 Å². The van der Waals surface area contributed by atoms with E-state index >= 15 is 0 Å². The zero-order valence-corrected chi connectivity index (χ0v) is 10.7. The molecule has 0 spiro atoms. The molecule has 0 aromatic carbocycles. The van der Waals surface area contributed by atoms with Crippen molar-refractivity contribution < 1.29 is 28.9 Å². The third-order valence-electron chi connectivity index (χ3n) is 4.15. The van der Waals surface area contributed by atoms with E-state index < -0.39 is 23.5 Å². The van der Waals surface area contributed by atoms with Gasteiger partial charge in [0.05, 0.1) is 13.0 Å². The van der Waals surface area contributed by atoms with Gasteiger partial charge in [0.1, 0.15) is 0 Å². The normalized spacial score (nSPS) is 36.4. The number of rotatable bonds is 6. The maximum Gasteiger partial charge on any atom is 0.373 e. The van der Waals surface area contributed by atoms with Crippen molar-refractivity contribution in [3.8, 4) is 0 Å². The van der Waals surface area contributed by atoms with Crippen molar-refractivity contribution in [3.05, 3.63) is 0 Å². The number of hydrogen-bond acceptors (Lipinski definition) is 5. The Balaban J connectivity index is 1.42.